The van der Waals surface area contributed by atoms with E-state index in [1.54, 1.807) is 23.9 Å². The number of aliphatic imine (C=N–C) groups is 1. The van der Waals surface area contributed by atoms with Crippen LogP contribution in [0, 0.1) is 5.82 Å². The number of thioether (sulfide) groups is 1. The second-order valence-corrected chi connectivity index (χ2v) is 6.37. The largest absolute Gasteiger partial charge is 0.469 e. The number of halogens is 2. The predicted octanol–water partition coefficient (Wildman–Crippen LogP) is 3.71. The Kier molecular flexibility index (Phi) is 14.5. The van der Waals surface area contributed by atoms with Gasteiger partial charge in [-0.15, -0.1) is 24.0 Å². The smallest absolute Gasteiger partial charge is 0.305 e. The number of esters is 1. The highest BCUT2D eigenvalue weighted by Gasteiger charge is 2.05. The Balaban J connectivity index is 0.00000625. The van der Waals surface area contributed by atoms with Gasteiger partial charge >= 0.3 is 5.97 Å². The number of hydrogen-bond acceptors (Lipinski definition) is 4. The summed E-state index contributed by atoms with van der Waals surface area (Å²) in [5.41, 5.74) is 2.00. The summed E-state index contributed by atoms with van der Waals surface area (Å²) in [6.07, 6.45) is 4.06. The molecule has 0 aromatic heterocycles. The topological polar surface area (TPSA) is 62.7 Å². The molecule has 5 nitrogen and oxygen atoms in total. The Labute approximate surface area is 177 Å². The lowest BCUT2D eigenvalue weighted by Crippen LogP contribution is -2.37. The minimum absolute atomic E-state index is 0. The molecule has 0 spiro atoms. The Morgan fingerprint density at radius 1 is 1.27 bits per heavy atom. The van der Waals surface area contributed by atoms with Crippen LogP contribution in [-0.2, 0) is 21.8 Å². The molecule has 0 saturated heterocycles. The fourth-order valence-corrected chi connectivity index (χ4v) is 2.83. The molecule has 0 atom stereocenters. The third-order valence-electron chi connectivity index (χ3n) is 3.55. The molecule has 0 unspecified atom stereocenters. The van der Waals surface area contributed by atoms with E-state index in [4.69, 9.17) is 0 Å². The molecule has 0 fully saturated rings. The maximum atomic E-state index is 13.4. The molecule has 0 heterocycles. The zero-order chi connectivity index (χ0) is 18.5. The van der Waals surface area contributed by atoms with Gasteiger partial charge < -0.3 is 15.4 Å². The second kappa shape index (κ2) is 15.1. The highest BCUT2D eigenvalue weighted by molar-refractivity contribution is 14.0. The van der Waals surface area contributed by atoms with E-state index in [1.165, 1.54) is 13.2 Å². The van der Waals surface area contributed by atoms with E-state index in [1.807, 2.05) is 13.2 Å². The summed E-state index contributed by atoms with van der Waals surface area (Å²) < 4.78 is 18.0. The molecular formula is C18H29FIN3O2S. The number of nitrogens with zero attached hydrogens (tertiary/aromatic N) is 1. The van der Waals surface area contributed by atoms with Crippen molar-refractivity contribution >= 4 is 47.7 Å². The van der Waals surface area contributed by atoms with E-state index in [0.29, 0.717) is 13.0 Å². The van der Waals surface area contributed by atoms with Crippen molar-refractivity contribution in [3.05, 3.63) is 35.1 Å². The van der Waals surface area contributed by atoms with E-state index in [-0.39, 0.29) is 35.8 Å². The van der Waals surface area contributed by atoms with Crippen LogP contribution >= 0.6 is 35.7 Å². The summed E-state index contributed by atoms with van der Waals surface area (Å²) >= 11 is 1.66. The van der Waals surface area contributed by atoms with Crippen molar-refractivity contribution in [2.24, 2.45) is 4.99 Å². The Hall–Kier alpha value is -1.03. The average molecular weight is 497 g/mol. The molecule has 0 aliphatic carbocycles. The van der Waals surface area contributed by atoms with E-state index in [2.05, 4.69) is 20.4 Å². The van der Waals surface area contributed by atoms with Crippen molar-refractivity contribution in [1.29, 1.82) is 0 Å². The average Bonchev–Trinajstić information content (AvgIpc) is 2.60. The van der Waals surface area contributed by atoms with Gasteiger partial charge in [0.15, 0.2) is 5.96 Å². The highest BCUT2D eigenvalue weighted by atomic mass is 127. The molecule has 2 N–H and O–H groups in total. The van der Waals surface area contributed by atoms with Gasteiger partial charge in [-0.3, -0.25) is 4.79 Å². The molecular weight excluding hydrogens is 468 g/mol. The summed E-state index contributed by atoms with van der Waals surface area (Å²) in [6.45, 7) is 3.98. The lowest BCUT2D eigenvalue weighted by atomic mass is 10.1. The van der Waals surface area contributed by atoms with Crippen molar-refractivity contribution in [1.82, 2.24) is 10.6 Å². The maximum Gasteiger partial charge on any atom is 0.305 e. The van der Waals surface area contributed by atoms with Crippen molar-refractivity contribution in [3.8, 4) is 0 Å². The second-order valence-electron chi connectivity index (χ2n) is 5.50. The minimum atomic E-state index is -0.215. The molecule has 0 radical (unpaired) electrons. The third-order valence-corrected chi connectivity index (χ3v) is 4.15. The van der Waals surface area contributed by atoms with E-state index in [0.717, 1.165) is 48.8 Å². The van der Waals surface area contributed by atoms with Gasteiger partial charge in [-0.05, 0) is 49.3 Å². The molecule has 1 rings (SSSR count). The molecule has 1 aromatic rings. The third kappa shape index (κ3) is 10.2. The number of guanidine groups is 1. The number of methoxy groups -OCH3 is 1. The van der Waals surface area contributed by atoms with Gasteiger partial charge in [0.25, 0.3) is 0 Å². The van der Waals surface area contributed by atoms with Crippen LogP contribution in [0.15, 0.2) is 23.2 Å². The summed E-state index contributed by atoms with van der Waals surface area (Å²) in [7, 11) is 1.40. The highest BCUT2D eigenvalue weighted by Crippen LogP contribution is 2.17. The van der Waals surface area contributed by atoms with Crippen molar-refractivity contribution in [3.63, 3.8) is 0 Å². The molecule has 8 heteroatoms. The van der Waals surface area contributed by atoms with Gasteiger partial charge in [0.2, 0.25) is 0 Å². The molecule has 0 amide bonds. The molecule has 0 aliphatic heterocycles. The van der Waals surface area contributed by atoms with Crippen LogP contribution in [-0.4, -0.2) is 38.4 Å². The fourth-order valence-electron chi connectivity index (χ4n) is 2.25. The van der Waals surface area contributed by atoms with Gasteiger partial charge in [-0.25, -0.2) is 9.38 Å². The van der Waals surface area contributed by atoms with Crippen LogP contribution in [0.5, 0.6) is 0 Å². The number of rotatable bonds is 10. The first-order chi connectivity index (χ1) is 12.1. The number of hydrogen-bond donors (Lipinski definition) is 2. The lowest BCUT2D eigenvalue weighted by molar-refractivity contribution is -0.140. The van der Waals surface area contributed by atoms with E-state index < -0.39 is 0 Å². The molecule has 0 bridgehead atoms. The van der Waals surface area contributed by atoms with Crippen LogP contribution in [0.4, 0.5) is 4.39 Å². The van der Waals surface area contributed by atoms with Crippen LogP contribution in [0.2, 0.25) is 0 Å². The van der Waals surface area contributed by atoms with E-state index in [9.17, 15) is 9.18 Å². The summed E-state index contributed by atoms with van der Waals surface area (Å²) in [6, 6.07) is 4.85. The zero-order valence-corrected chi connectivity index (χ0v) is 18.8. The number of nitrogens with one attached hydrogen (secondary N) is 2. The minimum Gasteiger partial charge on any atom is -0.469 e. The predicted molar refractivity (Wildman–Crippen MR) is 118 cm³/mol. The quantitative estimate of drug-likeness (QED) is 0.170. The standard InChI is InChI=1S/C18H28FN3O2S.HI/c1-4-20-18(21-10-6-5-7-17(23)24-2)22-12-14-8-9-16(19)11-15(14)13-25-3;/h8-9,11H,4-7,10,12-13H2,1-3H3,(H2,20,21,22);1H. The maximum absolute atomic E-state index is 13.4. The van der Waals surface area contributed by atoms with Crippen molar-refractivity contribution in [2.75, 3.05) is 26.5 Å². The number of ether oxygens (including phenoxy) is 1. The summed E-state index contributed by atoms with van der Waals surface area (Å²) in [4.78, 5) is 15.6. The first-order valence-corrected chi connectivity index (χ1v) is 9.85. The normalized spacial score (nSPS) is 10.8. The monoisotopic (exact) mass is 497 g/mol. The molecule has 1 aromatic carbocycles. The van der Waals surface area contributed by atoms with Crippen LogP contribution in [0.3, 0.4) is 0 Å². The van der Waals surface area contributed by atoms with Crippen LogP contribution in [0.25, 0.3) is 0 Å². The molecule has 26 heavy (non-hydrogen) atoms. The number of unbranched alkanes of at least 4 members (excludes halogenated alkanes) is 1. The van der Waals surface area contributed by atoms with Gasteiger partial charge in [-0.2, -0.15) is 11.8 Å². The van der Waals surface area contributed by atoms with Crippen molar-refractivity contribution < 1.29 is 13.9 Å². The zero-order valence-electron chi connectivity index (χ0n) is 15.6. The lowest BCUT2D eigenvalue weighted by Gasteiger charge is -2.12. The van der Waals surface area contributed by atoms with Crippen LogP contribution in [0.1, 0.15) is 37.3 Å². The number of carbonyl (C=O) groups excluding carboxylic acids is 1. The molecule has 0 saturated carbocycles. The number of carbonyl (C=O) groups is 1. The van der Waals surface area contributed by atoms with Gasteiger partial charge in [0.05, 0.1) is 13.7 Å². The Morgan fingerprint density at radius 2 is 2.04 bits per heavy atom. The summed E-state index contributed by atoms with van der Waals surface area (Å²) in [5, 5.41) is 6.45. The fraction of sp³-hybridized carbons (Fsp3) is 0.556. The van der Waals surface area contributed by atoms with Crippen molar-refractivity contribution in [2.45, 2.75) is 38.5 Å². The van der Waals surface area contributed by atoms with Gasteiger partial charge in [0.1, 0.15) is 5.82 Å². The summed E-state index contributed by atoms with van der Waals surface area (Å²) in [5.74, 6) is 1.09. The Morgan fingerprint density at radius 3 is 2.69 bits per heavy atom. The van der Waals surface area contributed by atoms with Gasteiger partial charge in [-0.1, -0.05) is 6.07 Å². The first kappa shape index (κ1) is 25.0. The SMILES string of the molecule is CCNC(=NCc1ccc(F)cc1CSC)NCCCCC(=O)OC.I. The molecule has 148 valence electrons. The van der Waals surface area contributed by atoms with Crippen LogP contribution < -0.4 is 10.6 Å². The first-order valence-electron chi connectivity index (χ1n) is 8.46. The molecule has 0 aliphatic rings. The Bertz CT molecular complexity index is 573. The van der Waals surface area contributed by atoms with E-state index >= 15 is 0 Å². The van der Waals surface area contributed by atoms with Gasteiger partial charge in [0, 0.05) is 25.3 Å². The number of benzene rings is 1.